The number of fused-ring (bicyclic) bond motifs is 1. The normalized spacial score (nSPS) is 18.7. The summed E-state index contributed by atoms with van der Waals surface area (Å²) in [6, 6.07) is 3.67. The summed E-state index contributed by atoms with van der Waals surface area (Å²) in [5.41, 5.74) is 3.26. The van der Waals surface area contributed by atoms with Crippen LogP contribution in [-0.4, -0.2) is 39.9 Å². The number of anilines is 2. The first kappa shape index (κ1) is 20.7. The molecule has 2 atom stereocenters. The van der Waals surface area contributed by atoms with E-state index in [0.717, 1.165) is 22.9 Å². The second kappa shape index (κ2) is 7.31. The zero-order chi connectivity index (χ0) is 22.6. The van der Waals surface area contributed by atoms with Crippen LogP contribution in [0.4, 0.5) is 24.5 Å². The first-order valence-electron chi connectivity index (χ1n) is 9.38. The minimum Gasteiger partial charge on any atom is -0.477 e. The van der Waals surface area contributed by atoms with Crippen LogP contribution in [-0.2, 0) is 0 Å². The molecule has 4 rings (SSSR count). The third kappa shape index (κ3) is 3.38. The Morgan fingerprint density at radius 1 is 1.06 bits per heavy atom. The highest BCUT2D eigenvalue weighted by molar-refractivity contribution is 5.94. The minimum atomic E-state index is -1.59. The van der Waals surface area contributed by atoms with E-state index in [-0.39, 0.29) is 40.4 Å². The molecule has 0 spiro atoms. The van der Waals surface area contributed by atoms with Crippen molar-refractivity contribution >= 4 is 28.2 Å². The second-order valence-corrected chi connectivity index (χ2v) is 7.64. The van der Waals surface area contributed by atoms with Crippen LogP contribution in [0.2, 0.25) is 0 Å². The third-order valence-electron chi connectivity index (χ3n) is 5.54. The van der Waals surface area contributed by atoms with Gasteiger partial charge in [0.15, 0.2) is 0 Å². The average molecular weight is 433 g/mol. The van der Waals surface area contributed by atoms with Crippen molar-refractivity contribution in [3.8, 4) is 5.69 Å². The Kier molecular flexibility index (Phi) is 4.89. The molecule has 2 aromatic carbocycles. The number of β-amino-alcohol motifs (C(OH)–C–C–N with tert-alkyl or cyclic N) is 1. The van der Waals surface area contributed by atoms with Crippen LogP contribution in [0, 0.1) is 23.4 Å². The summed E-state index contributed by atoms with van der Waals surface area (Å²) >= 11 is 0. The number of rotatable bonds is 3. The highest BCUT2D eigenvalue weighted by Crippen LogP contribution is 2.31. The number of pyridine rings is 1. The number of nitrogen functional groups attached to an aromatic ring is 1. The first-order valence-corrected chi connectivity index (χ1v) is 9.38. The monoisotopic (exact) mass is 433 g/mol. The molecular formula is C21H18F3N3O4. The number of hydrogen-bond donors (Lipinski definition) is 3. The Morgan fingerprint density at radius 3 is 2.35 bits per heavy atom. The average Bonchev–Trinajstić information content (AvgIpc) is 3.03. The number of hydrogen-bond acceptors (Lipinski definition) is 5. The van der Waals surface area contributed by atoms with Crippen LogP contribution in [0.5, 0.6) is 0 Å². The summed E-state index contributed by atoms with van der Waals surface area (Å²) in [6.07, 6.45) is 0.215. The van der Waals surface area contributed by atoms with Gasteiger partial charge < -0.3 is 25.4 Å². The molecule has 4 N–H and O–H groups in total. The number of aliphatic hydroxyl groups excluding tert-OH is 1. The maximum absolute atomic E-state index is 14.9. The summed E-state index contributed by atoms with van der Waals surface area (Å²) in [7, 11) is 0. The van der Waals surface area contributed by atoms with Gasteiger partial charge in [-0.2, -0.15) is 0 Å². The molecule has 0 radical (unpaired) electrons. The number of nitrogens with two attached hydrogens (primary N) is 1. The molecule has 3 aromatic rings. The zero-order valence-electron chi connectivity index (χ0n) is 16.3. The number of carboxylic acid groups (broad SMARTS) is 1. The molecule has 0 aliphatic carbocycles. The molecule has 0 bridgehead atoms. The molecule has 162 valence electrons. The lowest BCUT2D eigenvalue weighted by Crippen LogP contribution is -2.24. The molecule has 10 heteroatoms. The fraction of sp³-hybridized carbons (Fsp3) is 0.238. The van der Waals surface area contributed by atoms with E-state index in [2.05, 4.69) is 0 Å². The van der Waals surface area contributed by atoms with E-state index in [4.69, 9.17) is 5.73 Å². The summed E-state index contributed by atoms with van der Waals surface area (Å²) in [5, 5.41) is 19.1. The maximum Gasteiger partial charge on any atom is 0.341 e. The quantitative estimate of drug-likeness (QED) is 0.548. The Morgan fingerprint density at radius 2 is 1.74 bits per heavy atom. The first-order chi connectivity index (χ1) is 14.6. The fourth-order valence-electron chi connectivity index (χ4n) is 3.81. The molecule has 1 aliphatic rings. The predicted molar refractivity (Wildman–Crippen MR) is 108 cm³/mol. The predicted octanol–water partition coefficient (Wildman–Crippen LogP) is 2.51. The molecule has 2 heterocycles. The molecule has 0 saturated carbocycles. The van der Waals surface area contributed by atoms with Gasteiger partial charge in [0.05, 0.1) is 28.7 Å². The van der Waals surface area contributed by atoms with Gasteiger partial charge in [0, 0.05) is 36.7 Å². The Balaban J connectivity index is 2.05. The van der Waals surface area contributed by atoms with E-state index in [1.165, 1.54) is 6.07 Å². The van der Waals surface area contributed by atoms with Gasteiger partial charge in [-0.15, -0.1) is 0 Å². The van der Waals surface area contributed by atoms with E-state index in [9.17, 15) is 33.0 Å². The van der Waals surface area contributed by atoms with Crippen molar-refractivity contribution in [2.24, 2.45) is 5.92 Å². The third-order valence-corrected chi connectivity index (χ3v) is 5.54. The molecule has 1 aliphatic heterocycles. The van der Waals surface area contributed by atoms with Crippen molar-refractivity contribution in [2.45, 2.75) is 13.0 Å². The molecule has 1 fully saturated rings. The SMILES string of the molecule is C[C@@H]1CN(c2cc3c(cc2F)c(=O)c(C(=O)O)cn3-c2cc(N)c(F)cc2F)C[C@@H]1O. The summed E-state index contributed by atoms with van der Waals surface area (Å²) in [6.45, 7) is 2.30. The van der Waals surface area contributed by atoms with Gasteiger partial charge >= 0.3 is 5.97 Å². The lowest BCUT2D eigenvalue weighted by atomic mass is 10.1. The molecular weight excluding hydrogens is 415 g/mol. The number of halogens is 3. The van der Waals surface area contributed by atoms with E-state index in [1.54, 1.807) is 11.8 Å². The Hall–Kier alpha value is -3.53. The van der Waals surface area contributed by atoms with Crippen molar-refractivity contribution in [1.29, 1.82) is 0 Å². The van der Waals surface area contributed by atoms with Crippen LogP contribution in [0.15, 0.2) is 35.3 Å². The highest BCUT2D eigenvalue weighted by atomic mass is 19.1. The largest absolute Gasteiger partial charge is 0.477 e. The van der Waals surface area contributed by atoms with E-state index in [0.29, 0.717) is 12.6 Å². The van der Waals surface area contributed by atoms with Crippen LogP contribution in [0.1, 0.15) is 17.3 Å². The van der Waals surface area contributed by atoms with Crippen molar-refractivity contribution in [3.05, 3.63) is 63.7 Å². The topological polar surface area (TPSA) is 109 Å². The number of carbonyl (C=O) groups is 1. The zero-order valence-corrected chi connectivity index (χ0v) is 16.3. The van der Waals surface area contributed by atoms with Gasteiger partial charge in [-0.05, 0) is 18.2 Å². The number of benzene rings is 2. The second-order valence-electron chi connectivity index (χ2n) is 7.64. The summed E-state index contributed by atoms with van der Waals surface area (Å²) < 4.78 is 44.2. The van der Waals surface area contributed by atoms with Crippen LogP contribution >= 0.6 is 0 Å². The number of carboxylic acids is 1. The number of aromatic nitrogens is 1. The van der Waals surface area contributed by atoms with Crippen molar-refractivity contribution < 1.29 is 28.2 Å². The van der Waals surface area contributed by atoms with Gasteiger partial charge in [-0.25, -0.2) is 18.0 Å². The van der Waals surface area contributed by atoms with E-state index < -0.39 is 40.5 Å². The summed E-state index contributed by atoms with van der Waals surface area (Å²) in [5.74, 6) is -4.56. The lowest BCUT2D eigenvalue weighted by Gasteiger charge is -2.21. The molecule has 1 saturated heterocycles. The van der Waals surface area contributed by atoms with E-state index >= 15 is 0 Å². The van der Waals surface area contributed by atoms with Crippen LogP contribution in [0.25, 0.3) is 16.6 Å². The van der Waals surface area contributed by atoms with Crippen molar-refractivity contribution in [2.75, 3.05) is 23.7 Å². The summed E-state index contributed by atoms with van der Waals surface area (Å²) in [4.78, 5) is 25.8. The lowest BCUT2D eigenvalue weighted by molar-refractivity contribution is 0.0695. The van der Waals surface area contributed by atoms with Gasteiger partial charge in [-0.1, -0.05) is 6.92 Å². The number of nitrogens with zero attached hydrogens (tertiary/aromatic N) is 2. The van der Waals surface area contributed by atoms with E-state index in [1.807, 2.05) is 0 Å². The molecule has 0 amide bonds. The standard InChI is InChI=1S/C21H18F3N3O4/c1-9-6-26(8-19(9)28)17-5-16-10(2-13(17)23)20(29)11(21(30)31)7-27(16)18-4-15(25)12(22)3-14(18)24/h2-5,7,9,19,28H,6,8,25H2,1H3,(H,30,31)/t9-,19+/m1/s1. The van der Waals surface area contributed by atoms with Crippen molar-refractivity contribution in [3.63, 3.8) is 0 Å². The van der Waals surface area contributed by atoms with Crippen molar-refractivity contribution in [1.82, 2.24) is 4.57 Å². The van der Waals surface area contributed by atoms with Gasteiger partial charge in [0.25, 0.3) is 0 Å². The number of aliphatic hydroxyl groups is 1. The number of aromatic carboxylic acids is 1. The van der Waals surface area contributed by atoms with Crippen LogP contribution < -0.4 is 16.1 Å². The van der Waals surface area contributed by atoms with Gasteiger partial charge in [0.2, 0.25) is 5.43 Å². The molecule has 7 nitrogen and oxygen atoms in total. The molecule has 31 heavy (non-hydrogen) atoms. The van der Waals surface area contributed by atoms with Crippen LogP contribution in [0.3, 0.4) is 0 Å². The highest BCUT2D eigenvalue weighted by Gasteiger charge is 2.30. The smallest absolute Gasteiger partial charge is 0.341 e. The Bertz CT molecular complexity index is 1280. The Labute approximate surface area is 173 Å². The molecule has 1 aromatic heterocycles. The molecule has 0 unspecified atom stereocenters. The minimum absolute atomic E-state index is 0.00495. The fourth-order valence-corrected chi connectivity index (χ4v) is 3.81. The van der Waals surface area contributed by atoms with Gasteiger partial charge in [0.1, 0.15) is 23.0 Å². The maximum atomic E-state index is 14.9. The van der Waals surface area contributed by atoms with Gasteiger partial charge in [-0.3, -0.25) is 4.79 Å².